The number of benzene rings is 1. The Bertz CT molecular complexity index is 521. The summed E-state index contributed by atoms with van der Waals surface area (Å²) in [6.45, 7) is 0. The molecule has 1 heterocycles. The lowest BCUT2D eigenvalue weighted by atomic mass is 10.2. The van der Waals surface area contributed by atoms with Gasteiger partial charge in [-0.1, -0.05) is 0 Å². The van der Waals surface area contributed by atoms with Gasteiger partial charge in [0.1, 0.15) is 11.6 Å². The van der Waals surface area contributed by atoms with Gasteiger partial charge in [-0.2, -0.15) is 5.10 Å². The van der Waals surface area contributed by atoms with Crippen LogP contribution in [0.15, 0.2) is 12.1 Å². The summed E-state index contributed by atoms with van der Waals surface area (Å²) < 4.78 is 25.9. The number of hydrogen-bond acceptors (Lipinski definition) is 2. The molecule has 0 aliphatic carbocycles. The molecule has 0 spiro atoms. The molecule has 0 bridgehead atoms. The molecule has 0 radical (unpaired) electrons. The van der Waals surface area contributed by atoms with Gasteiger partial charge in [0.05, 0.1) is 10.9 Å². The average molecular weight is 197 g/mol. The standard InChI is InChI=1S/C8H5F2N3O/c9-3-1-4(10)6-5(2-3)12-13-7(6)8(11)14/h1-2H,(H2,11,14)(H,12,13). The Hall–Kier alpha value is -1.98. The molecule has 0 atom stereocenters. The second-order valence-corrected chi connectivity index (χ2v) is 2.75. The maximum Gasteiger partial charge on any atom is 0.269 e. The quantitative estimate of drug-likeness (QED) is 0.714. The number of halogens is 2. The summed E-state index contributed by atoms with van der Waals surface area (Å²) in [5, 5.41) is 5.73. The van der Waals surface area contributed by atoms with Crippen molar-refractivity contribution < 1.29 is 13.6 Å². The number of amides is 1. The van der Waals surface area contributed by atoms with Crippen LogP contribution in [0, 0.1) is 11.6 Å². The smallest absolute Gasteiger partial charge is 0.269 e. The van der Waals surface area contributed by atoms with Crippen LogP contribution in [-0.2, 0) is 0 Å². The Labute approximate surface area is 76.7 Å². The summed E-state index contributed by atoms with van der Waals surface area (Å²) in [5.41, 5.74) is 4.83. The molecule has 14 heavy (non-hydrogen) atoms. The first kappa shape index (κ1) is 8.61. The van der Waals surface area contributed by atoms with E-state index < -0.39 is 17.5 Å². The zero-order chi connectivity index (χ0) is 10.3. The fourth-order valence-electron chi connectivity index (χ4n) is 1.25. The minimum Gasteiger partial charge on any atom is -0.364 e. The van der Waals surface area contributed by atoms with Crippen LogP contribution in [0.25, 0.3) is 10.9 Å². The fourth-order valence-corrected chi connectivity index (χ4v) is 1.25. The third-order valence-corrected chi connectivity index (χ3v) is 1.81. The topological polar surface area (TPSA) is 71.8 Å². The predicted molar refractivity (Wildman–Crippen MR) is 44.5 cm³/mol. The number of H-pyrrole nitrogens is 1. The highest BCUT2D eigenvalue weighted by molar-refractivity contribution is 6.04. The van der Waals surface area contributed by atoms with Crippen LogP contribution in [0.4, 0.5) is 8.78 Å². The van der Waals surface area contributed by atoms with Gasteiger partial charge in [0.25, 0.3) is 5.91 Å². The van der Waals surface area contributed by atoms with Crippen LogP contribution in [0.1, 0.15) is 10.5 Å². The Kier molecular flexibility index (Phi) is 1.70. The van der Waals surface area contributed by atoms with Crippen molar-refractivity contribution in [1.29, 1.82) is 0 Å². The number of aromatic nitrogens is 2. The molecule has 2 rings (SSSR count). The van der Waals surface area contributed by atoms with Gasteiger partial charge in [-0.15, -0.1) is 0 Å². The molecule has 0 aliphatic rings. The van der Waals surface area contributed by atoms with Gasteiger partial charge in [0.2, 0.25) is 0 Å². The Morgan fingerprint density at radius 2 is 2.14 bits per heavy atom. The summed E-state index contributed by atoms with van der Waals surface area (Å²) in [7, 11) is 0. The minimum absolute atomic E-state index is 0.0844. The van der Waals surface area contributed by atoms with Crippen LogP contribution in [-0.4, -0.2) is 16.1 Å². The highest BCUT2D eigenvalue weighted by Crippen LogP contribution is 2.20. The van der Waals surface area contributed by atoms with E-state index in [0.717, 1.165) is 6.07 Å². The number of rotatable bonds is 1. The monoisotopic (exact) mass is 197 g/mol. The molecule has 0 saturated heterocycles. The summed E-state index contributed by atoms with van der Waals surface area (Å²) in [4.78, 5) is 10.8. The molecule has 1 aromatic carbocycles. The third-order valence-electron chi connectivity index (χ3n) is 1.81. The van der Waals surface area contributed by atoms with Crippen LogP contribution in [0.3, 0.4) is 0 Å². The zero-order valence-electron chi connectivity index (χ0n) is 6.84. The molecule has 2 aromatic rings. The number of aromatic amines is 1. The van der Waals surface area contributed by atoms with E-state index in [-0.39, 0.29) is 16.6 Å². The molecular weight excluding hydrogens is 192 g/mol. The number of hydrogen-bond donors (Lipinski definition) is 2. The van der Waals surface area contributed by atoms with Crippen molar-refractivity contribution in [2.24, 2.45) is 5.73 Å². The first-order chi connectivity index (χ1) is 6.59. The van der Waals surface area contributed by atoms with Crippen molar-refractivity contribution >= 4 is 16.8 Å². The summed E-state index contributed by atoms with van der Waals surface area (Å²) in [6, 6.07) is 1.71. The lowest BCUT2D eigenvalue weighted by molar-refractivity contribution is 0.0997. The maximum absolute atomic E-state index is 13.2. The largest absolute Gasteiger partial charge is 0.364 e. The highest BCUT2D eigenvalue weighted by Gasteiger charge is 2.15. The van der Waals surface area contributed by atoms with Gasteiger partial charge in [0.15, 0.2) is 5.69 Å². The van der Waals surface area contributed by atoms with Crippen LogP contribution >= 0.6 is 0 Å². The molecule has 0 aliphatic heterocycles. The van der Waals surface area contributed by atoms with Crippen LogP contribution < -0.4 is 5.73 Å². The van der Waals surface area contributed by atoms with E-state index in [1.807, 2.05) is 0 Å². The van der Waals surface area contributed by atoms with Crippen LogP contribution in [0.2, 0.25) is 0 Å². The van der Waals surface area contributed by atoms with Crippen molar-refractivity contribution in [3.63, 3.8) is 0 Å². The second kappa shape index (κ2) is 2.76. The first-order valence-electron chi connectivity index (χ1n) is 3.72. The second-order valence-electron chi connectivity index (χ2n) is 2.75. The lowest BCUT2D eigenvalue weighted by Crippen LogP contribution is -2.12. The molecule has 0 fully saturated rings. The van der Waals surface area contributed by atoms with Crippen molar-refractivity contribution in [3.05, 3.63) is 29.5 Å². The predicted octanol–water partition coefficient (Wildman–Crippen LogP) is 0.940. The van der Waals surface area contributed by atoms with Gasteiger partial charge in [-0.3, -0.25) is 9.89 Å². The SMILES string of the molecule is NC(=O)c1n[nH]c2cc(F)cc(F)c12. The van der Waals surface area contributed by atoms with E-state index in [0.29, 0.717) is 6.07 Å². The highest BCUT2D eigenvalue weighted by atomic mass is 19.1. The number of primary amides is 1. The van der Waals surface area contributed by atoms with E-state index in [1.54, 1.807) is 0 Å². The van der Waals surface area contributed by atoms with Crippen molar-refractivity contribution in [2.75, 3.05) is 0 Å². The third kappa shape index (κ3) is 1.12. The van der Waals surface area contributed by atoms with Gasteiger partial charge in [0, 0.05) is 6.07 Å². The summed E-state index contributed by atoms with van der Waals surface area (Å²) in [6.07, 6.45) is 0. The van der Waals surface area contributed by atoms with E-state index >= 15 is 0 Å². The number of nitrogens with one attached hydrogen (secondary N) is 1. The van der Waals surface area contributed by atoms with E-state index in [4.69, 9.17) is 5.73 Å². The van der Waals surface area contributed by atoms with Gasteiger partial charge in [-0.25, -0.2) is 8.78 Å². The molecule has 1 amide bonds. The fraction of sp³-hybridized carbons (Fsp3) is 0. The van der Waals surface area contributed by atoms with Crippen LogP contribution in [0.5, 0.6) is 0 Å². The molecule has 0 unspecified atom stereocenters. The molecule has 6 heteroatoms. The Balaban J connectivity index is 2.85. The Morgan fingerprint density at radius 1 is 1.43 bits per heavy atom. The van der Waals surface area contributed by atoms with Crippen molar-refractivity contribution in [2.45, 2.75) is 0 Å². The van der Waals surface area contributed by atoms with E-state index in [9.17, 15) is 13.6 Å². The average Bonchev–Trinajstić information content (AvgIpc) is 2.47. The number of nitrogens with zero attached hydrogens (tertiary/aromatic N) is 1. The van der Waals surface area contributed by atoms with Gasteiger partial charge >= 0.3 is 0 Å². The Morgan fingerprint density at radius 3 is 2.79 bits per heavy atom. The molecule has 1 aromatic heterocycles. The zero-order valence-corrected chi connectivity index (χ0v) is 6.84. The molecular formula is C8H5F2N3O. The first-order valence-corrected chi connectivity index (χ1v) is 3.72. The molecule has 72 valence electrons. The van der Waals surface area contributed by atoms with Crippen molar-refractivity contribution in [3.8, 4) is 0 Å². The normalized spacial score (nSPS) is 10.7. The van der Waals surface area contributed by atoms with Gasteiger partial charge in [-0.05, 0) is 6.07 Å². The minimum atomic E-state index is -0.859. The number of carbonyl (C=O) groups is 1. The number of fused-ring (bicyclic) bond motifs is 1. The summed E-state index contributed by atoms with van der Waals surface area (Å²) >= 11 is 0. The number of carbonyl (C=O) groups excluding carboxylic acids is 1. The molecule has 0 saturated carbocycles. The van der Waals surface area contributed by atoms with Crippen molar-refractivity contribution in [1.82, 2.24) is 10.2 Å². The van der Waals surface area contributed by atoms with Gasteiger partial charge < -0.3 is 5.73 Å². The molecule has 4 nitrogen and oxygen atoms in total. The van der Waals surface area contributed by atoms with E-state index in [1.165, 1.54) is 0 Å². The van der Waals surface area contributed by atoms with E-state index in [2.05, 4.69) is 10.2 Å². The summed E-state index contributed by atoms with van der Waals surface area (Å²) in [5.74, 6) is -2.46. The molecule has 3 N–H and O–H groups in total. The maximum atomic E-state index is 13.2. The lowest BCUT2D eigenvalue weighted by Gasteiger charge is -1.94. The number of nitrogens with two attached hydrogens (primary N) is 1.